The van der Waals surface area contributed by atoms with Crippen molar-refractivity contribution in [1.82, 2.24) is 9.88 Å². The number of ether oxygens (including phenoxy) is 1. The number of benzene rings is 2. The molecule has 0 spiro atoms. The summed E-state index contributed by atoms with van der Waals surface area (Å²) >= 11 is 12.0. The lowest BCUT2D eigenvalue weighted by molar-refractivity contribution is -0.141. The Morgan fingerprint density at radius 3 is 2.23 bits per heavy atom. The number of carbonyl (C=O) groups excluding carboxylic acids is 4. The van der Waals surface area contributed by atoms with Gasteiger partial charge in [0.25, 0.3) is 0 Å². The number of amides is 1. The molecule has 2 N–H and O–H groups in total. The van der Waals surface area contributed by atoms with Crippen LogP contribution in [0.2, 0.25) is 10.0 Å². The number of esters is 1. The van der Waals surface area contributed by atoms with E-state index in [1.54, 1.807) is 18.5 Å². The smallest absolute Gasteiger partial charge is 0.341 e. The van der Waals surface area contributed by atoms with Gasteiger partial charge in [-0.15, -0.1) is 0 Å². The molecule has 0 aliphatic rings. The van der Waals surface area contributed by atoms with Gasteiger partial charge in [-0.1, -0.05) is 54.4 Å². The molecule has 0 aliphatic heterocycles. The summed E-state index contributed by atoms with van der Waals surface area (Å²) in [6, 6.07) is 10.5. The van der Waals surface area contributed by atoms with Crippen LogP contribution in [0.5, 0.6) is 0 Å². The zero-order chi connectivity index (χ0) is 28.9. The van der Waals surface area contributed by atoms with E-state index < -0.39 is 48.6 Å². The molecule has 0 saturated carbocycles. The van der Waals surface area contributed by atoms with Crippen molar-refractivity contribution >= 4 is 63.5 Å². The first-order valence-electron chi connectivity index (χ1n) is 12.2. The van der Waals surface area contributed by atoms with Crippen molar-refractivity contribution in [2.24, 2.45) is 13.0 Å². The van der Waals surface area contributed by atoms with Crippen molar-refractivity contribution < 1.29 is 33.8 Å². The van der Waals surface area contributed by atoms with E-state index in [1.165, 1.54) is 18.2 Å². The van der Waals surface area contributed by atoms with E-state index in [2.05, 4.69) is 5.32 Å². The number of carbonyl (C=O) groups is 5. The molecule has 3 aromatic rings. The summed E-state index contributed by atoms with van der Waals surface area (Å²) in [5, 5.41) is 12.7. The molecule has 0 saturated heterocycles. The van der Waals surface area contributed by atoms with E-state index in [9.17, 15) is 29.1 Å². The predicted octanol–water partition coefficient (Wildman–Crippen LogP) is 4.78. The van der Waals surface area contributed by atoms with Gasteiger partial charge in [-0.25, -0.2) is 4.79 Å². The standard InChI is InChI=1S/C28H28Cl2N2O7/c1-4-16(12-22(33)26-15(2)17-8-5-6-11-21(17)32(26)3)27(37)31-20(13-24(35)36)23(34)14-39-28(38)25-18(29)9-7-10-19(25)30/h5-11,16,20H,4,12-14H2,1-3H3,(H,31,37)(H,35,36). The Bertz CT molecular complexity index is 1390. The average Bonchev–Trinajstić information content (AvgIpc) is 3.14. The number of para-hydroxylation sites is 1. The van der Waals surface area contributed by atoms with E-state index in [0.29, 0.717) is 5.69 Å². The molecule has 1 heterocycles. The summed E-state index contributed by atoms with van der Waals surface area (Å²) < 4.78 is 6.79. The quantitative estimate of drug-likeness (QED) is 0.235. The first kappa shape index (κ1) is 29.9. The third-order valence-corrected chi connectivity index (χ3v) is 7.15. The molecule has 2 atom stereocenters. The van der Waals surface area contributed by atoms with Gasteiger partial charge in [-0.2, -0.15) is 0 Å². The summed E-state index contributed by atoms with van der Waals surface area (Å²) in [7, 11) is 1.78. The van der Waals surface area contributed by atoms with E-state index >= 15 is 0 Å². The van der Waals surface area contributed by atoms with Crippen LogP contribution in [0, 0.1) is 12.8 Å². The Labute approximate surface area is 235 Å². The van der Waals surface area contributed by atoms with E-state index in [0.717, 1.165) is 16.5 Å². The molecule has 39 heavy (non-hydrogen) atoms. The summed E-state index contributed by atoms with van der Waals surface area (Å²) in [5.41, 5.74) is 2.02. The summed E-state index contributed by atoms with van der Waals surface area (Å²) in [4.78, 5) is 62.9. The number of ketones is 2. The molecule has 0 aliphatic carbocycles. The lowest BCUT2D eigenvalue weighted by Crippen LogP contribution is -2.46. The van der Waals surface area contributed by atoms with Crippen molar-refractivity contribution in [3.05, 3.63) is 69.3 Å². The molecule has 206 valence electrons. The number of carboxylic acid groups (broad SMARTS) is 1. The minimum Gasteiger partial charge on any atom is -0.481 e. The fourth-order valence-electron chi connectivity index (χ4n) is 4.43. The number of aromatic nitrogens is 1. The zero-order valence-corrected chi connectivity index (χ0v) is 23.1. The zero-order valence-electron chi connectivity index (χ0n) is 21.6. The number of nitrogens with one attached hydrogen (secondary N) is 1. The van der Waals surface area contributed by atoms with Crippen LogP contribution >= 0.6 is 23.2 Å². The molecule has 2 aromatic carbocycles. The van der Waals surface area contributed by atoms with Gasteiger partial charge in [0.15, 0.2) is 18.2 Å². The van der Waals surface area contributed by atoms with E-state index in [-0.39, 0.29) is 34.2 Å². The SMILES string of the molecule is CCC(CC(=O)c1c(C)c2ccccc2n1C)C(=O)NC(CC(=O)O)C(=O)COC(=O)c1c(Cl)cccc1Cl. The second-order valence-corrected chi connectivity index (χ2v) is 9.89. The minimum atomic E-state index is -1.48. The largest absolute Gasteiger partial charge is 0.481 e. The molecule has 0 radical (unpaired) electrons. The number of rotatable bonds is 12. The number of hydrogen-bond acceptors (Lipinski definition) is 6. The van der Waals surface area contributed by atoms with Gasteiger partial charge in [0.05, 0.1) is 27.7 Å². The van der Waals surface area contributed by atoms with Crippen molar-refractivity contribution in [1.29, 1.82) is 0 Å². The van der Waals surface area contributed by atoms with Gasteiger partial charge < -0.3 is 19.7 Å². The van der Waals surface area contributed by atoms with Crippen molar-refractivity contribution in [3.63, 3.8) is 0 Å². The van der Waals surface area contributed by atoms with E-state index in [1.807, 2.05) is 31.2 Å². The molecule has 9 nitrogen and oxygen atoms in total. The number of carboxylic acids is 1. The fourth-order valence-corrected chi connectivity index (χ4v) is 4.99. The highest BCUT2D eigenvalue weighted by Crippen LogP contribution is 2.27. The summed E-state index contributed by atoms with van der Waals surface area (Å²) in [6.45, 7) is 2.74. The van der Waals surface area contributed by atoms with Gasteiger partial charge >= 0.3 is 11.9 Å². The summed E-state index contributed by atoms with van der Waals surface area (Å²) in [5.74, 6) is -4.87. The third-order valence-electron chi connectivity index (χ3n) is 6.52. The number of Topliss-reactive ketones (excluding diaryl/α,β-unsaturated/α-hetero) is 2. The third kappa shape index (κ3) is 6.85. The Kier molecular flexibility index (Phi) is 9.88. The highest BCUT2D eigenvalue weighted by Gasteiger charge is 2.30. The molecule has 0 bridgehead atoms. The topological polar surface area (TPSA) is 132 Å². The maximum Gasteiger partial charge on any atom is 0.341 e. The van der Waals surface area contributed by atoms with Crippen LogP contribution in [0.15, 0.2) is 42.5 Å². The fraction of sp³-hybridized carbons (Fsp3) is 0.321. The van der Waals surface area contributed by atoms with Crippen LogP contribution in [-0.4, -0.2) is 51.7 Å². The van der Waals surface area contributed by atoms with Gasteiger partial charge in [-0.05, 0) is 37.1 Å². The minimum absolute atomic E-state index is 0.0205. The number of aryl methyl sites for hydroxylation is 2. The van der Waals surface area contributed by atoms with Crippen LogP contribution in [0.25, 0.3) is 10.9 Å². The Balaban J connectivity index is 1.71. The molecule has 1 aromatic heterocycles. The molecular weight excluding hydrogens is 547 g/mol. The van der Waals surface area contributed by atoms with Gasteiger partial charge in [0.1, 0.15) is 6.04 Å². The highest BCUT2D eigenvalue weighted by molar-refractivity contribution is 6.39. The van der Waals surface area contributed by atoms with Crippen LogP contribution in [0.4, 0.5) is 0 Å². The lowest BCUT2D eigenvalue weighted by atomic mass is 9.95. The molecule has 3 rings (SSSR count). The average molecular weight is 575 g/mol. The van der Waals surface area contributed by atoms with Crippen LogP contribution in [0.3, 0.4) is 0 Å². The first-order valence-corrected chi connectivity index (χ1v) is 12.9. The molecule has 1 amide bonds. The normalized spacial score (nSPS) is 12.5. The van der Waals surface area contributed by atoms with Crippen LogP contribution < -0.4 is 5.32 Å². The highest BCUT2D eigenvalue weighted by atomic mass is 35.5. The number of halogens is 2. The van der Waals surface area contributed by atoms with Crippen LogP contribution in [-0.2, 0) is 26.2 Å². The number of hydrogen-bond donors (Lipinski definition) is 2. The lowest BCUT2D eigenvalue weighted by Gasteiger charge is -2.20. The van der Waals surface area contributed by atoms with Crippen molar-refractivity contribution in [2.75, 3.05) is 6.61 Å². The molecule has 2 unspecified atom stereocenters. The Hall–Kier alpha value is -3.69. The maximum atomic E-state index is 13.3. The van der Waals surface area contributed by atoms with Gasteiger partial charge in [0, 0.05) is 30.3 Å². The van der Waals surface area contributed by atoms with Gasteiger partial charge in [0.2, 0.25) is 5.91 Å². The number of aliphatic carboxylic acids is 1. The molecule has 11 heteroatoms. The second-order valence-electron chi connectivity index (χ2n) is 9.08. The Morgan fingerprint density at radius 2 is 1.64 bits per heavy atom. The van der Waals surface area contributed by atoms with Crippen LogP contribution in [0.1, 0.15) is 52.6 Å². The second kappa shape index (κ2) is 12.9. The monoisotopic (exact) mass is 574 g/mol. The van der Waals surface area contributed by atoms with Crippen molar-refractivity contribution in [3.8, 4) is 0 Å². The maximum absolute atomic E-state index is 13.3. The Morgan fingerprint density at radius 1 is 1.00 bits per heavy atom. The molecule has 0 fully saturated rings. The van der Waals surface area contributed by atoms with E-state index in [4.69, 9.17) is 27.9 Å². The summed E-state index contributed by atoms with van der Waals surface area (Å²) in [6.07, 6.45) is -0.600. The number of nitrogens with zero attached hydrogens (tertiary/aromatic N) is 1. The number of fused-ring (bicyclic) bond motifs is 1. The first-order chi connectivity index (χ1) is 18.5. The van der Waals surface area contributed by atoms with Gasteiger partial charge in [-0.3, -0.25) is 19.2 Å². The molecular formula is C28H28Cl2N2O7. The predicted molar refractivity (Wildman–Crippen MR) is 146 cm³/mol. The van der Waals surface area contributed by atoms with Crippen molar-refractivity contribution in [2.45, 2.75) is 39.2 Å².